The van der Waals surface area contributed by atoms with Crippen molar-refractivity contribution < 1.29 is 9.13 Å². The largest absolute Gasteiger partial charge is 0.374 e. The monoisotopic (exact) mass is 189 g/mol. The quantitative estimate of drug-likeness (QED) is 0.689. The summed E-state index contributed by atoms with van der Waals surface area (Å²) in [4.78, 5) is 0. The highest BCUT2D eigenvalue weighted by atomic mass is 19.1. The van der Waals surface area contributed by atoms with Crippen LogP contribution in [0.5, 0.6) is 0 Å². The molecule has 2 atom stereocenters. The van der Waals surface area contributed by atoms with Crippen molar-refractivity contribution in [3.8, 4) is 0 Å². The molecule has 0 aromatic carbocycles. The second kappa shape index (κ2) is 6.33. The van der Waals surface area contributed by atoms with Crippen molar-refractivity contribution in [3.05, 3.63) is 0 Å². The Morgan fingerprint density at radius 3 is 3.08 bits per heavy atom. The van der Waals surface area contributed by atoms with Gasteiger partial charge in [0.1, 0.15) is 6.67 Å². The van der Waals surface area contributed by atoms with Gasteiger partial charge in [0, 0.05) is 12.6 Å². The average molecular weight is 189 g/mol. The minimum atomic E-state index is -0.365. The molecule has 0 radical (unpaired) electrons. The molecule has 0 unspecified atom stereocenters. The Balaban J connectivity index is 2.05. The first-order chi connectivity index (χ1) is 6.36. The first-order valence-electron chi connectivity index (χ1n) is 5.27. The predicted octanol–water partition coefficient (Wildman–Crippen LogP) is 1.89. The fourth-order valence-corrected chi connectivity index (χ4v) is 1.79. The number of hydrogen-bond donors (Lipinski definition) is 1. The highest BCUT2D eigenvalue weighted by molar-refractivity contribution is 4.81. The van der Waals surface area contributed by atoms with Crippen LogP contribution in [-0.4, -0.2) is 32.0 Å². The SMILES string of the molecule is CCCC[C@H]1C[C@@H](OCCF)CN1. The third-order valence-electron chi connectivity index (χ3n) is 2.52. The highest BCUT2D eigenvalue weighted by Gasteiger charge is 2.23. The summed E-state index contributed by atoms with van der Waals surface area (Å²) in [6.07, 6.45) is 5.05. The van der Waals surface area contributed by atoms with E-state index in [1.807, 2.05) is 0 Å². The number of ether oxygens (including phenoxy) is 1. The van der Waals surface area contributed by atoms with E-state index in [2.05, 4.69) is 12.2 Å². The van der Waals surface area contributed by atoms with Crippen LogP contribution in [0.15, 0.2) is 0 Å². The number of hydrogen-bond acceptors (Lipinski definition) is 2. The minimum absolute atomic E-state index is 0.248. The first-order valence-corrected chi connectivity index (χ1v) is 5.27. The molecule has 0 aromatic rings. The van der Waals surface area contributed by atoms with Gasteiger partial charge in [0.2, 0.25) is 0 Å². The molecule has 1 fully saturated rings. The van der Waals surface area contributed by atoms with E-state index in [0.717, 1.165) is 13.0 Å². The van der Waals surface area contributed by atoms with Gasteiger partial charge in [0.25, 0.3) is 0 Å². The van der Waals surface area contributed by atoms with E-state index in [9.17, 15) is 4.39 Å². The fraction of sp³-hybridized carbons (Fsp3) is 1.00. The Morgan fingerprint density at radius 2 is 2.38 bits per heavy atom. The topological polar surface area (TPSA) is 21.3 Å². The van der Waals surface area contributed by atoms with Crippen LogP contribution < -0.4 is 5.32 Å². The van der Waals surface area contributed by atoms with Gasteiger partial charge < -0.3 is 10.1 Å². The zero-order valence-corrected chi connectivity index (χ0v) is 8.39. The van der Waals surface area contributed by atoms with Gasteiger partial charge >= 0.3 is 0 Å². The molecule has 0 spiro atoms. The van der Waals surface area contributed by atoms with E-state index in [4.69, 9.17) is 4.74 Å². The number of nitrogens with one attached hydrogen (secondary N) is 1. The summed E-state index contributed by atoms with van der Waals surface area (Å²) in [5.41, 5.74) is 0. The molecule has 2 nitrogen and oxygen atoms in total. The Bertz CT molecular complexity index is 118. The van der Waals surface area contributed by atoms with Gasteiger partial charge in [0.15, 0.2) is 0 Å². The Kier molecular flexibility index (Phi) is 5.32. The summed E-state index contributed by atoms with van der Waals surface area (Å²) in [6, 6.07) is 0.601. The highest BCUT2D eigenvalue weighted by Crippen LogP contribution is 2.15. The van der Waals surface area contributed by atoms with Crippen LogP contribution in [0.4, 0.5) is 4.39 Å². The zero-order valence-electron chi connectivity index (χ0n) is 8.39. The van der Waals surface area contributed by atoms with Crippen LogP contribution in [0, 0.1) is 0 Å². The fourth-order valence-electron chi connectivity index (χ4n) is 1.79. The van der Waals surface area contributed by atoms with Crippen molar-refractivity contribution in [1.29, 1.82) is 0 Å². The normalized spacial score (nSPS) is 28.2. The van der Waals surface area contributed by atoms with Gasteiger partial charge in [-0.3, -0.25) is 0 Å². The molecule has 1 aliphatic heterocycles. The lowest BCUT2D eigenvalue weighted by Crippen LogP contribution is -2.21. The molecule has 0 aliphatic carbocycles. The lowest BCUT2D eigenvalue weighted by atomic mass is 10.1. The van der Waals surface area contributed by atoms with Crippen LogP contribution in [0.25, 0.3) is 0 Å². The maximum absolute atomic E-state index is 11.8. The summed E-state index contributed by atoms with van der Waals surface area (Å²) in [6.45, 7) is 2.99. The summed E-state index contributed by atoms with van der Waals surface area (Å²) < 4.78 is 17.1. The molecular weight excluding hydrogens is 169 g/mol. The maximum Gasteiger partial charge on any atom is 0.113 e. The smallest absolute Gasteiger partial charge is 0.113 e. The van der Waals surface area contributed by atoms with Gasteiger partial charge in [-0.05, 0) is 12.8 Å². The molecule has 0 saturated carbocycles. The van der Waals surface area contributed by atoms with Crippen LogP contribution in [0.3, 0.4) is 0 Å². The molecule has 13 heavy (non-hydrogen) atoms. The second-order valence-corrected chi connectivity index (χ2v) is 3.66. The van der Waals surface area contributed by atoms with Gasteiger partial charge in [-0.25, -0.2) is 4.39 Å². The van der Waals surface area contributed by atoms with Crippen molar-refractivity contribution in [3.63, 3.8) is 0 Å². The Morgan fingerprint density at radius 1 is 1.54 bits per heavy atom. The molecule has 1 N–H and O–H groups in total. The maximum atomic E-state index is 11.8. The van der Waals surface area contributed by atoms with Crippen molar-refractivity contribution in [2.45, 2.75) is 44.8 Å². The third kappa shape index (κ3) is 4.05. The summed E-state index contributed by atoms with van der Waals surface area (Å²) in [7, 11) is 0. The molecule has 0 amide bonds. The molecule has 1 rings (SSSR count). The van der Waals surface area contributed by atoms with Gasteiger partial charge in [-0.1, -0.05) is 19.8 Å². The van der Waals surface area contributed by atoms with Crippen LogP contribution >= 0.6 is 0 Å². The van der Waals surface area contributed by atoms with Gasteiger partial charge in [-0.15, -0.1) is 0 Å². The minimum Gasteiger partial charge on any atom is -0.374 e. The van der Waals surface area contributed by atoms with Crippen molar-refractivity contribution >= 4 is 0 Å². The molecule has 1 saturated heterocycles. The number of alkyl halides is 1. The molecule has 0 aromatic heterocycles. The van der Waals surface area contributed by atoms with E-state index < -0.39 is 0 Å². The molecule has 3 heteroatoms. The van der Waals surface area contributed by atoms with Gasteiger partial charge in [0.05, 0.1) is 12.7 Å². The molecule has 1 heterocycles. The number of unbranched alkanes of at least 4 members (excludes halogenated alkanes) is 1. The predicted molar refractivity (Wildman–Crippen MR) is 51.6 cm³/mol. The second-order valence-electron chi connectivity index (χ2n) is 3.66. The lowest BCUT2D eigenvalue weighted by Gasteiger charge is -2.09. The van der Waals surface area contributed by atoms with Crippen LogP contribution in [0.2, 0.25) is 0 Å². The molecule has 1 aliphatic rings. The average Bonchev–Trinajstić information content (AvgIpc) is 2.59. The van der Waals surface area contributed by atoms with E-state index in [-0.39, 0.29) is 19.4 Å². The number of halogens is 1. The van der Waals surface area contributed by atoms with E-state index in [1.54, 1.807) is 0 Å². The molecule has 78 valence electrons. The van der Waals surface area contributed by atoms with Gasteiger partial charge in [-0.2, -0.15) is 0 Å². The summed E-state index contributed by atoms with van der Waals surface area (Å²) >= 11 is 0. The first kappa shape index (κ1) is 10.9. The molecule has 0 bridgehead atoms. The summed E-state index contributed by atoms with van der Waals surface area (Å²) in [5.74, 6) is 0. The van der Waals surface area contributed by atoms with E-state index in [1.165, 1.54) is 19.3 Å². The van der Waals surface area contributed by atoms with Crippen LogP contribution in [-0.2, 0) is 4.74 Å². The van der Waals surface area contributed by atoms with Crippen molar-refractivity contribution in [2.75, 3.05) is 19.8 Å². The summed E-state index contributed by atoms with van der Waals surface area (Å²) in [5, 5.41) is 3.40. The van der Waals surface area contributed by atoms with E-state index in [0.29, 0.717) is 6.04 Å². The van der Waals surface area contributed by atoms with Crippen molar-refractivity contribution in [2.24, 2.45) is 0 Å². The Labute approximate surface area is 79.8 Å². The Hall–Kier alpha value is -0.150. The third-order valence-corrected chi connectivity index (χ3v) is 2.52. The lowest BCUT2D eigenvalue weighted by molar-refractivity contribution is 0.0555. The van der Waals surface area contributed by atoms with Crippen LogP contribution in [0.1, 0.15) is 32.6 Å². The number of rotatable bonds is 6. The van der Waals surface area contributed by atoms with E-state index >= 15 is 0 Å². The van der Waals surface area contributed by atoms with Crippen molar-refractivity contribution in [1.82, 2.24) is 5.32 Å². The standard InChI is InChI=1S/C10H20FNO/c1-2-3-4-9-7-10(8-12-9)13-6-5-11/h9-10,12H,2-8H2,1H3/t9-,10+/m0/s1. The zero-order chi connectivity index (χ0) is 9.52. The molecular formula is C10H20FNO.